The molecule has 20 heavy (non-hydrogen) atoms. The van der Waals surface area contributed by atoms with Crippen LogP contribution in [0.3, 0.4) is 0 Å². The normalized spacial score (nSPS) is 12.3. The monoisotopic (exact) mass is 287 g/mol. The van der Waals surface area contributed by atoms with Crippen molar-refractivity contribution in [2.75, 3.05) is 5.88 Å². The van der Waals surface area contributed by atoms with Gasteiger partial charge in [-0.1, -0.05) is 59.7 Å². The number of nitrogens with one attached hydrogen (secondary N) is 1. The molecule has 0 aliphatic heterocycles. The van der Waals surface area contributed by atoms with Gasteiger partial charge in [0.25, 0.3) is 0 Å². The molecule has 2 rings (SSSR count). The number of halogens is 1. The van der Waals surface area contributed by atoms with Gasteiger partial charge in [0.2, 0.25) is 0 Å². The van der Waals surface area contributed by atoms with Crippen LogP contribution in [0.5, 0.6) is 0 Å². The smallest absolute Gasteiger partial charge is 0.0380 e. The van der Waals surface area contributed by atoms with E-state index in [1.807, 2.05) is 6.07 Å². The lowest BCUT2D eigenvalue weighted by Crippen LogP contribution is -2.32. The highest BCUT2D eigenvalue weighted by Gasteiger charge is 2.08. The van der Waals surface area contributed by atoms with Crippen LogP contribution in [-0.2, 0) is 13.0 Å². The van der Waals surface area contributed by atoms with Crippen molar-refractivity contribution in [1.29, 1.82) is 0 Å². The Hall–Kier alpha value is -1.31. The number of rotatable bonds is 6. The molecule has 1 atom stereocenters. The molecule has 0 saturated carbocycles. The van der Waals surface area contributed by atoms with Crippen LogP contribution in [-0.4, -0.2) is 11.9 Å². The van der Waals surface area contributed by atoms with Gasteiger partial charge in [-0.05, 0) is 31.4 Å². The molecule has 0 fully saturated rings. The Labute approximate surface area is 127 Å². The van der Waals surface area contributed by atoms with Crippen molar-refractivity contribution < 1.29 is 0 Å². The predicted molar refractivity (Wildman–Crippen MR) is 87.4 cm³/mol. The second-order valence-electron chi connectivity index (χ2n) is 5.42. The minimum Gasteiger partial charge on any atom is -0.308 e. The van der Waals surface area contributed by atoms with Gasteiger partial charge in [0.15, 0.2) is 0 Å². The molecule has 0 aliphatic carbocycles. The third-order valence-electron chi connectivity index (χ3n) is 3.39. The summed E-state index contributed by atoms with van der Waals surface area (Å²) in [6.07, 6.45) is 0.967. The van der Waals surface area contributed by atoms with Crippen molar-refractivity contribution >= 4 is 11.6 Å². The second-order valence-corrected chi connectivity index (χ2v) is 5.73. The second kappa shape index (κ2) is 7.47. The quantitative estimate of drug-likeness (QED) is 0.784. The van der Waals surface area contributed by atoms with Gasteiger partial charge in [0, 0.05) is 18.5 Å². The third kappa shape index (κ3) is 4.66. The molecule has 0 saturated heterocycles. The highest BCUT2D eigenvalue weighted by atomic mass is 35.5. The number of hydrogen-bond acceptors (Lipinski definition) is 1. The Kier molecular flexibility index (Phi) is 5.63. The van der Waals surface area contributed by atoms with E-state index < -0.39 is 0 Å². The van der Waals surface area contributed by atoms with Gasteiger partial charge in [-0.25, -0.2) is 0 Å². The number of benzene rings is 2. The average Bonchev–Trinajstić information content (AvgIpc) is 2.43. The van der Waals surface area contributed by atoms with E-state index >= 15 is 0 Å². The minimum absolute atomic E-state index is 0.305. The lowest BCUT2D eigenvalue weighted by atomic mass is 10.1. The van der Waals surface area contributed by atoms with Crippen LogP contribution in [0, 0.1) is 13.8 Å². The maximum Gasteiger partial charge on any atom is 0.0380 e. The molecule has 0 radical (unpaired) electrons. The SMILES string of the molecule is Cc1cc(C)cc(CNC(CCl)Cc2ccccc2)c1. The summed E-state index contributed by atoms with van der Waals surface area (Å²) in [5.74, 6) is 0.625. The number of aryl methyl sites for hydroxylation is 2. The van der Waals surface area contributed by atoms with Gasteiger partial charge in [-0.2, -0.15) is 0 Å². The summed E-state index contributed by atoms with van der Waals surface area (Å²) < 4.78 is 0. The molecule has 1 unspecified atom stereocenters. The van der Waals surface area contributed by atoms with Crippen molar-refractivity contribution in [3.63, 3.8) is 0 Å². The molecule has 0 aliphatic rings. The molecule has 2 aromatic carbocycles. The standard InChI is InChI=1S/C18H22ClN/c1-14-8-15(2)10-17(9-14)13-20-18(12-19)11-16-6-4-3-5-7-16/h3-10,18,20H,11-13H2,1-2H3. The van der Waals surface area contributed by atoms with Gasteiger partial charge >= 0.3 is 0 Å². The maximum atomic E-state index is 6.08. The first kappa shape index (κ1) is 15.1. The van der Waals surface area contributed by atoms with Crippen molar-refractivity contribution in [1.82, 2.24) is 5.32 Å². The molecule has 0 heterocycles. The van der Waals surface area contributed by atoms with E-state index in [2.05, 4.69) is 61.6 Å². The third-order valence-corrected chi connectivity index (χ3v) is 3.76. The van der Waals surface area contributed by atoms with Crippen molar-refractivity contribution in [3.05, 3.63) is 70.8 Å². The van der Waals surface area contributed by atoms with E-state index in [-0.39, 0.29) is 0 Å². The zero-order valence-electron chi connectivity index (χ0n) is 12.2. The molecule has 0 spiro atoms. The van der Waals surface area contributed by atoms with Crippen LogP contribution < -0.4 is 5.32 Å². The molecule has 0 bridgehead atoms. The van der Waals surface area contributed by atoms with Crippen molar-refractivity contribution in [3.8, 4) is 0 Å². The summed E-state index contributed by atoms with van der Waals surface area (Å²) in [4.78, 5) is 0. The van der Waals surface area contributed by atoms with Crippen LogP contribution in [0.4, 0.5) is 0 Å². The Bertz CT molecular complexity index is 516. The van der Waals surface area contributed by atoms with Crippen LogP contribution in [0.1, 0.15) is 22.3 Å². The summed E-state index contributed by atoms with van der Waals surface area (Å²) >= 11 is 6.08. The van der Waals surface area contributed by atoms with E-state index in [0.717, 1.165) is 13.0 Å². The lowest BCUT2D eigenvalue weighted by Gasteiger charge is -2.16. The van der Waals surface area contributed by atoms with Gasteiger partial charge in [-0.15, -0.1) is 11.6 Å². The van der Waals surface area contributed by atoms with E-state index in [1.165, 1.54) is 22.3 Å². The molecule has 106 valence electrons. The minimum atomic E-state index is 0.305. The van der Waals surface area contributed by atoms with Gasteiger partial charge < -0.3 is 5.32 Å². The van der Waals surface area contributed by atoms with Gasteiger partial charge in [0.1, 0.15) is 0 Å². The average molecular weight is 288 g/mol. The molecule has 0 aromatic heterocycles. The fourth-order valence-corrected chi connectivity index (χ4v) is 2.73. The summed E-state index contributed by atoms with van der Waals surface area (Å²) in [7, 11) is 0. The fraction of sp³-hybridized carbons (Fsp3) is 0.333. The topological polar surface area (TPSA) is 12.0 Å². The largest absolute Gasteiger partial charge is 0.308 e. The molecule has 1 nitrogen and oxygen atoms in total. The van der Waals surface area contributed by atoms with Crippen LogP contribution >= 0.6 is 11.6 Å². The first-order valence-corrected chi connectivity index (χ1v) is 7.61. The summed E-state index contributed by atoms with van der Waals surface area (Å²) in [6, 6.07) is 17.5. The van der Waals surface area contributed by atoms with Crippen LogP contribution in [0.25, 0.3) is 0 Å². The van der Waals surface area contributed by atoms with Crippen LogP contribution in [0.15, 0.2) is 48.5 Å². The van der Waals surface area contributed by atoms with E-state index in [4.69, 9.17) is 11.6 Å². The lowest BCUT2D eigenvalue weighted by molar-refractivity contribution is 0.550. The molecule has 2 aromatic rings. The zero-order valence-corrected chi connectivity index (χ0v) is 13.0. The zero-order chi connectivity index (χ0) is 14.4. The van der Waals surface area contributed by atoms with Gasteiger partial charge in [0.05, 0.1) is 0 Å². The van der Waals surface area contributed by atoms with E-state index in [0.29, 0.717) is 11.9 Å². The summed E-state index contributed by atoms with van der Waals surface area (Å²) in [5, 5.41) is 3.56. The highest BCUT2D eigenvalue weighted by Crippen LogP contribution is 2.10. The number of alkyl halides is 1. The van der Waals surface area contributed by atoms with Crippen LogP contribution in [0.2, 0.25) is 0 Å². The molecule has 0 amide bonds. The Morgan fingerprint density at radius 3 is 2.20 bits per heavy atom. The maximum absolute atomic E-state index is 6.08. The highest BCUT2D eigenvalue weighted by molar-refractivity contribution is 6.18. The van der Waals surface area contributed by atoms with Crippen molar-refractivity contribution in [2.24, 2.45) is 0 Å². The first-order chi connectivity index (χ1) is 9.67. The summed E-state index contributed by atoms with van der Waals surface area (Å²) in [5.41, 5.74) is 5.27. The number of hydrogen-bond donors (Lipinski definition) is 1. The molecular weight excluding hydrogens is 266 g/mol. The Balaban J connectivity index is 1.93. The molecule has 2 heteroatoms. The van der Waals surface area contributed by atoms with Gasteiger partial charge in [-0.3, -0.25) is 0 Å². The predicted octanol–water partition coefficient (Wildman–Crippen LogP) is 4.24. The van der Waals surface area contributed by atoms with E-state index in [1.54, 1.807) is 0 Å². The Morgan fingerprint density at radius 1 is 0.950 bits per heavy atom. The Morgan fingerprint density at radius 2 is 1.60 bits per heavy atom. The van der Waals surface area contributed by atoms with E-state index in [9.17, 15) is 0 Å². The van der Waals surface area contributed by atoms with Crippen molar-refractivity contribution in [2.45, 2.75) is 32.9 Å². The molecule has 1 N–H and O–H groups in total. The first-order valence-electron chi connectivity index (χ1n) is 7.08. The molecular formula is C18H22ClN. The fourth-order valence-electron chi connectivity index (χ4n) is 2.51. The summed E-state index contributed by atoms with van der Waals surface area (Å²) in [6.45, 7) is 5.14.